The predicted octanol–water partition coefficient (Wildman–Crippen LogP) is 19.1. The van der Waals surface area contributed by atoms with E-state index in [0.29, 0.717) is 25.7 Å². The van der Waals surface area contributed by atoms with E-state index in [0.717, 1.165) is 108 Å². The molecule has 0 aromatic carbocycles. The first kappa shape index (κ1) is 85.1. The lowest BCUT2D eigenvalue weighted by molar-refractivity contribution is -0.161. The Morgan fingerprint density at radius 3 is 0.816 bits per heavy atom. The Morgan fingerprint density at radius 1 is 0.322 bits per heavy atom. The summed E-state index contributed by atoms with van der Waals surface area (Å²) in [5, 5.41) is 10.6. The molecule has 0 aromatic heterocycles. The zero-order valence-corrected chi connectivity index (χ0v) is 58.3. The van der Waals surface area contributed by atoms with Crippen molar-refractivity contribution in [1.29, 1.82) is 0 Å². The Balaban J connectivity index is 5.27. The highest BCUT2D eigenvalue weighted by Crippen LogP contribution is 2.45. The van der Waals surface area contributed by atoms with Crippen LogP contribution in [0.15, 0.2) is 0 Å². The van der Waals surface area contributed by atoms with Gasteiger partial charge in [-0.25, -0.2) is 9.13 Å². The van der Waals surface area contributed by atoms with E-state index in [-0.39, 0.29) is 25.7 Å². The second-order valence-corrected chi connectivity index (χ2v) is 28.2. The summed E-state index contributed by atoms with van der Waals surface area (Å²) in [6.45, 7) is 11.8. The molecule has 5 unspecified atom stereocenters. The van der Waals surface area contributed by atoms with Gasteiger partial charge in [-0.3, -0.25) is 37.3 Å². The molecule has 0 bridgehead atoms. The smallest absolute Gasteiger partial charge is 0.462 e. The van der Waals surface area contributed by atoms with E-state index >= 15 is 0 Å². The van der Waals surface area contributed by atoms with Gasteiger partial charge in [-0.05, 0) is 43.4 Å². The Labute approximate surface area is 530 Å². The van der Waals surface area contributed by atoms with Crippen molar-refractivity contribution < 1.29 is 80.2 Å². The molecule has 0 aliphatic heterocycles. The number of hydrogen-bond acceptors (Lipinski definition) is 15. The number of phosphoric acid groups is 2. The van der Waals surface area contributed by atoms with Gasteiger partial charge in [-0.2, -0.15) is 0 Å². The molecule has 0 rings (SSSR count). The van der Waals surface area contributed by atoms with Crippen LogP contribution in [0.2, 0.25) is 0 Å². The van der Waals surface area contributed by atoms with Crippen molar-refractivity contribution in [1.82, 2.24) is 0 Å². The van der Waals surface area contributed by atoms with Crippen LogP contribution in [-0.2, 0) is 65.4 Å². The summed E-state index contributed by atoms with van der Waals surface area (Å²) < 4.78 is 68.2. The Bertz CT molecular complexity index is 1720. The van der Waals surface area contributed by atoms with E-state index in [2.05, 4.69) is 48.5 Å². The molecular formula is C68H132O17P2. The summed E-state index contributed by atoms with van der Waals surface area (Å²) in [7, 11) is -9.90. The van der Waals surface area contributed by atoms with Crippen molar-refractivity contribution in [3.05, 3.63) is 0 Å². The lowest BCUT2D eigenvalue weighted by atomic mass is 9.99. The summed E-state index contributed by atoms with van der Waals surface area (Å²) in [4.78, 5) is 72.4. The monoisotopic (exact) mass is 1280 g/mol. The van der Waals surface area contributed by atoms with E-state index in [1.165, 1.54) is 148 Å². The van der Waals surface area contributed by atoms with E-state index in [1.807, 2.05) is 0 Å². The molecule has 0 aromatic rings. The van der Waals surface area contributed by atoms with E-state index in [1.54, 1.807) is 0 Å². The number of rotatable bonds is 66. The van der Waals surface area contributed by atoms with Gasteiger partial charge in [0.05, 0.1) is 26.4 Å². The van der Waals surface area contributed by atoms with Crippen LogP contribution in [0.5, 0.6) is 0 Å². The maximum Gasteiger partial charge on any atom is 0.472 e. The maximum absolute atomic E-state index is 13.0. The fourth-order valence-corrected chi connectivity index (χ4v) is 11.7. The summed E-state index contributed by atoms with van der Waals surface area (Å²) in [5.41, 5.74) is 0. The standard InChI is InChI=1S/C68H132O17P2/c1-8-12-13-14-15-18-28-35-42-49-65(70)78-55-64(85-68(73)52-45-38-31-24-22-27-34-41-48-61(7)11-4)58-83-87(76,77)81-54-62(69)53-80-86(74,75)82-57-63(56-79-66(71)50-43-36-29-23-21-26-33-40-47-60(6)10-3)84-67(72)51-44-37-30-20-17-16-19-25-32-39-46-59(5)9-2/h59-64,69H,8-58H2,1-7H3,(H,74,75)(H,76,77)/t59?,60?,61?,62-,63-,64-/m1/s1. The zero-order chi connectivity index (χ0) is 64.5. The number of ether oxygens (including phenoxy) is 4. The van der Waals surface area contributed by atoms with Crippen molar-refractivity contribution in [2.75, 3.05) is 39.6 Å². The molecule has 3 N–H and O–H groups in total. The van der Waals surface area contributed by atoms with Crippen LogP contribution in [0.3, 0.4) is 0 Å². The van der Waals surface area contributed by atoms with Gasteiger partial charge in [-0.1, -0.05) is 286 Å². The minimum Gasteiger partial charge on any atom is -0.462 e. The number of hydrogen-bond donors (Lipinski definition) is 3. The van der Waals surface area contributed by atoms with Crippen LogP contribution in [0.25, 0.3) is 0 Å². The normalized spacial score (nSPS) is 15.2. The topological polar surface area (TPSA) is 237 Å². The van der Waals surface area contributed by atoms with Crippen molar-refractivity contribution >= 4 is 39.5 Å². The quantitative estimate of drug-likeness (QED) is 0.0222. The number of esters is 4. The van der Waals surface area contributed by atoms with Crippen LogP contribution >= 0.6 is 15.6 Å². The van der Waals surface area contributed by atoms with Crippen molar-refractivity contribution in [2.24, 2.45) is 17.8 Å². The number of carbonyl (C=O) groups excluding carboxylic acids is 4. The molecule has 0 fully saturated rings. The molecule has 17 nitrogen and oxygen atoms in total. The molecule has 8 atom stereocenters. The van der Waals surface area contributed by atoms with Crippen molar-refractivity contribution in [3.63, 3.8) is 0 Å². The number of aliphatic hydroxyl groups excluding tert-OH is 1. The Hall–Kier alpha value is -1.94. The third kappa shape index (κ3) is 58.9. The molecule has 0 amide bonds. The lowest BCUT2D eigenvalue weighted by Gasteiger charge is -2.21. The summed E-state index contributed by atoms with van der Waals surface area (Å²) in [6, 6.07) is 0. The predicted molar refractivity (Wildman–Crippen MR) is 349 cm³/mol. The van der Waals surface area contributed by atoms with Crippen LogP contribution in [0.1, 0.15) is 337 Å². The van der Waals surface area contributed by atoms with Gasteiger partial charge < -0.3 is 33.8 Å². The third-order valence-electron chi connectivity index (χ3n) is 16.7. The first-order valence-electron chi connectivity index (χ1n) is 35.5. The van der Waals surface area contributed by atoms with Crippen molar-refractivity contribution in [2.45, 2.75) is 356 Å². The van der Waals surface area contributed by atoms with Gasteiger partial charge >= 0.3 is 39.5 Å². The largest absolute Gasteiger partial charge is 0.472 e. The molecule has 0 radical (unpaired) electrons. The van der Waals surface area contributed by atoms with Crippen molar-refractivity contribution in [3.8, 4) is 0 Å². The van der Waals surface area contributed by atoms with Crippen LogP contribution in [0, 0.1) is 17.8 Å². The average molecular weight is 1280 g/mol. The first-order valence-corrected chi connectivity index (χ1v) is 38.5. The van der Waals surface area contributed by atoms with Gasteiger partial charge in [0.1, 0.15) is 19.3 Å². The maximum atomic E-state index is 13.0. The molecule has 0 spiro atoms. The summed E-state index contributed by atoms with van der Waals surface area (Å²) in [6.07, 6.45) is 41.4. The van der Waals surface area contributed by atoms with Gasteiger partial charge in [0.25, 0.3) is 0 Å². The zero-order valence-electron chi connectivity index (χ0n) is 56.5. The molecule has 516 valence electrons. The average Bonchev–Trinajstić information content (AvgIpc) is 3.52. The molecule has 0 heterocycles. The van der Waals surface area contributed by atoms with Crippen LogP contribution in [-0.4, -0.2) is 96.7 Å². The van der Waals surface area contributed by atoms with Crippen LogP contribution in [0.4, 0.5) is 0 Å². The van der Waals surface area contributed by atoms with Gasteiger partial charge in [0.15, 0.2) is 12.2 Å². The van der Waals surface area contributed by atoms with E-state index in [9.17, 15) is 43.2 Å². The summed E-state index contributed by atoms with van der Waals surface area (Å²) in [5.74, 6) is 0.219. The fraction of sp³-hybridized carbons (Fsp3) is 0.941. The van der Waals surface area contributed by atoms with E-state index < -0.39 is 97.5 Å². The second-order valence-electron chi connectivity index (χ2n) is 25.3. The summed E-state index contributed by atoms with van der Waals surface area (Å²) >= 11 is 0. The van der Waals surface area contributed by atoms with E-state index in [4.69, 9.17) is 37.0 Å². The second kappa shape index (κ2) is 59.1. The number of carbonyl (C=O) groups is 4. The van der Waals surface area contributed by atoms with Gasteiger partial charge in [-0.15, -0.1) is 0 Å². The lowest BCUT2D eigenvalue weighted by Crippen LogP contribution is -2.30. The number of aliphatic hydroxyl groups is 1. The minimum absolute atomic E-state index is 0.105. The third-order valence-corrected chi connectivity index (χ3v) is 18.6. The molecule has 19 heteroatoms. The first-order chi connectivity index (χ1) is 41.8. The SMILES string of the molecule is CCCCCCCCCCCC(=O)OC[C@H](COP(=O)(O)OC[C@H](O)COP(=O)(O)OC[C@@H](COC(=O)CCCCCCCCCCC(C)CC)OC(=O)CCCCCCCCCCCCC(C)CC)OC(=O)CCCCCCCCCCC(C)CC. The highest BCUT2D eigenvalue weighted by molar-refractivity contribution is 7.47. The van der Waals surface area contributed by atoms with Crippen LogP contribution < -0.4 is 0 Å². The highest BCUT2D eigenvalue weighted by Gasteiger charge is 2.30. The molecule has 0 saturated carbocycles. The number of unbranched alkanes of at least 4 members (excludes halogenated alkanes) is 31. The molecule has 0 saturated heterocycles. The Kier molecular flexibility index (Phi) is 57.8. The molecule has 87 heavy (non-hydrogen) atoms. The highest BCUT2D eigenvalue weighted by atomic mass is 31.2. The minimum atomic E-state index is -4.95. The Morgan fingerprint density at radius 2 is 0.552 bits per heavy atom. The fourth-order valence-electron chi connectivity index (χ4n) is 10.1. The van der Waals surface area contributed by atoms with Gasteiger partial charge in [0, 0.05) is 25.7 Å². The van der Waals surface area contributed by atoms with Gasteiger partial charge in [0.2, 0.25) is 0 Å². The molecular weight excluding hydrogens is 1150 g/mol. The molecule has 0 aliphatic rings. The number of phosphoric ester groups is 2. The molecule has 0 aliphatic carbocycles.